The number of fused-ring (bicyclic) bond motifs is 1. The number of rotatable bonds is 3. The number of carbonyl (C=O) groups excluding carboxylic acids is 1. The van der Waals surface area contributed by atoms with Crippen LogP contribution in [0.15, 0.2) is 47.4 Å². The van der Waals surface area contributed by atoms with Gasteiger partial charge in [0.1, 0.15) is 11.4 Å². The highest BCUT2D eigenvalue weighted by molar-refractivity contribution is 7.92. The molecule has 0 aromatic heterocycles. The van der Waals surface area contributed by atoms with Gasteiger partial charge in [-0.05, 0) is 49.1 Å². The lowest BCUT2D eigenvalue weighted by Gasteiger charge is -2.32. The van der Waals surface area contributed by atoms with Crippen molar-refractivity contribution >= 4 is 27.3 Å². The number of hydrogen-bond donors (Lipinski definition) is 2. The molecule has 0 fully saturated rings. The third-order valence-electron chi connectivity index (χ3n) is 4.45. The second-order valence-corrected chi connectivity index (χ2v) is 9.81. The van der Waals surface area contributed by atoms with Crippen LogP contribution < -0.4 is 14.8 Å². The summed E-state index contributed by atoms with van der Waals surface area (Å²) in [6.07, 6.45) is 0. The Morgan fingerprint density at radius 3 is 2.26 bits per heavy atom. The van der Waals surface area contributed by atoms with Gasteiger partial charge >= 0.3 is 0 Å². The molecule has 0 unspecified atom stereocenters. The molecule has 0 spiro atoms. The van der Waals surface area contributed by atoms with Crippen LogP contribution in [-0.4, -0.2) is 19.9 Å². The molecule has 1 aliphatic rings. The Hall–Kier alpha value is -2.54. The maximum absolute atomic E-state index is 12.8. The van der Waals surface area contributed by atoms with Crippen LogP contribution in [0.2, 0.25) is 0 Å². The van der Waals surface area contributed by atoms with Crippen molar-refractivity contribution in [3.05, 3.63) is 48.0 Å². The summed E-state index contributed by atoms with van der Waals surface area (Å²) < 4.78 is 33.8. The van der Waals surface area contributed by atoms with Gasteiger partial charge in [0.25, 0.3) is 15.9 Å². The average Bonchev–Trinajstić information content (AvgIpc) is 2.55. The lowest BCUT2D eigenvalue weighted by molar-refractivity contribution is -0.129. The number of ether oxygens (including phenoxy) is 1. The Bertz CT molecular complexity index is 988. The van der Waals surface area contributed by atoms with Crippen LogP contribution in [0.3, 0.4) is 0 Å². The molecule has 27 heavy (non-hydrogen) atoms. The maximum atomic E-state index is 12.8. The number of benzene rings is 2. The largest absolute Gasteiger partial charge is 0.476 e. The zero-order chi connectivity index (χ0) is 20.0. The van der Waals surface area contributed by atoms with E-state index in [1.165, 1.54) is 0 Å². The molecule has 7 heteroatoms. The molecule has 0 saturated carbocycles. The SMILES string of the molecule is CC1(C)Oc2cccc(NS(=O)(=O)c3ccc(C(C)(C)C)cc3)c2NC1=O. The summed E-state index contributed by atoms with van der Waals surface area (Å²) in [6, 6.07) is 11.7. The molecule has 1 amide bonds. The molecule has 6 nitrogen and oxygen atoms in total. The van der Waals surface area contributed by atoms with Crippen LogP contribution in [0, 0.1) is 0 Å². The quantitative estimate of drug-likeness (QED) is 0.835. The van der Waals surface area contributed by atoms with Crippen molar-refractivity contribution < 1.29 is 17.9 Å². The normalized spacial score (nSPS) is 16.1. The molecule has 1 heterocycles. The summed E-state index contributed by atoms with van der Waals surface area (Å²) in [5.74, 6) is 0.0825. The number of sulfonamides is 1. The summed E-state index contributed by atoms with van der Waals surface area (Å²) in [6.45, 7) is 9.50. The molecule has 0 atom stereocenters. The minimum absolute atomic E-state index is 0.0668. The van der Waals surface area contributed by atoms with E-state index in [-0.39, 0.29) is 21.9 Å². The van der Waals surface area contributed by atoms with Crippen molar-refractivity contribution in [1.82, 2.24) is 0 Å². The number of nitrogens with one attached hydrogen (secondary N) is 2. The van der Waals surface area contributed by atoms with E-state index in [4.69, 9.17) is 4.74 Å². The molecule has 2 aromatic rings. The zero-order valence-electron chi connectivity index (χ0n) is 16.1. The Morgan fingerprint density at radius 1 is 1.04 bits per heavy atom. The first kappa shape index (κ1) is 19.2. The van der Waals surface area contributed by atoms with Crippen molar-refractivity contribution in [1.29, 1.82) is 0 Å². The number of carbonyl (C=O) groups is 1. The minimum atomic E-state index is -3.81. The topological polar surface area (TPSA) is 84.5 Å². The third kappa shape index (κ3) is 3.78. The summed E-state index contributed by atoms with van der Waals surface area (Å²) in [7, 11) is -3.81. The molecular weight excluding hydrogens is 364 g/mol. The number of amides is 1. The average molecular weight is 388 g/mol. The fraction of sp³-hybridized carbons (Fsp3) is 0.350. The molecule has 0 bridgehead atoms. The van der Waals surface area contributed by atoms with E-state index in [0.717, 1.165) is 5.56 Å². The summed E-state index contributed by atoms with van der Waals surface area (Å²) in [5.41, 5.74) is 0.532. The van der Waals surface area contributed by atoms with Crippen molar-refractivity contribution in [2.75, 3.05) is 10.0 Å². The second kappa shape index (κ2) is 6.27. The molecule has 2 aromatic carbocycles. The monoisotopic (exact) mass is 388 g/mol. The minimum Gasteiger partial charge on any atom is -0.476 e. The van der Waals surface area contributed by atoms with E-state index in [2.05, 4.69) is 30.8 Å². The predicted molar refractivity (Wildman–Crippen MR) is 106 cm³/mol. The van der Waals surface area contributed by atoms with Gasteiger partial charge in [0, 0.05) is 0 Å². The number of para-hydroxylation sites is 1. The van der Waals surface area contributed by atoms with Crippen LogP contribution in [-0.2, 0) is 20.2 Å². The summed E-state index contributed by atoms with van der Waals surface area (Å²) >= 11 is 0. The van der Waals surface area contributed by atoms with E-state index in [9.17, 15) is 13.2 Å². The maximum Gasteiger partial charge on any atom is 0.268 e. The molecule has 144 valence electrons. The van der Waals surface area contributed by atoms with Crippen molar-refractivity contribution in [3.8, 4) is 5.75 Å². The van der Waals surface area contributed by atoms with Crippen molar-refractivity contribution in [2.45, 2.75) is 50.5 Å². The molecule has 3 rings (SSSR count). The molecule has 1 aliphatic heterocycles. The first-order valence-corrected chi connectivity index (χ1v) is 10.2. The second-order valence-electron chi connectivity index (χ2n) is 8.13. The first-order valence-electron chi connectivity index (χ1n) is 8.67. The van der Waals surface area contributed by atoms with Gasteiger partial charge in [-0.2, -0.15) is 0 Å². The fourth-order valence-electron chi connectivity index (χ4n) is 2.75. The Morgan fingerprint density at radius 2 is 1.67 bits per heavy atom. The van der Waals surface area contributed by atoms with Crippen LogP contribution in [0.4, 0.5) is 11.4 Å². The smallest absolute Gasteiger partial charge is 0.268 e. The fourth-order valence-corrected chi connectivity index (χ4v) is 3.83. The van der Waals surface area contributed by atoms with Crippen LogP contribution in [0.25, 0.3) is 0 Å². The van der Waals surface area contributed by atoms with Gasteiger partial charge in [-0.25, -0.2) is 8.42 Å². The Labute approximate surface area is 160 Å². The van der Waals surface area contributed by atoms with Gasteiger partial charge in [-0.1, -0.05) is 39.0 Å². The Balaban J connectivity index is 1.93. The zero-order valence-corrected chi connectivity index (χ0v) is 16.9. The summed E-state index contributed by atoms with van der Waals surface area (Å²) in [4.78, 5) is 12.3. The third-order valence-corrected chi connectivity index (χ3v) is 5.83. The van der Waals surface area contributed by atoms with E-state index >= 15 is 0 Å². The van der Waals surface area contributed by atoms with Gasteiger partial charge in [-0.3, -0.25) is 9.52 Å². The molecule has 0 saturated heterocycles. The highest BCUT2D eigenvalue weighted by atomic mass is 32.2. The van der Waals surface area contributed by atoms with Crippen LogP contribution >= 0.6 is 0 Å². The van der Waals surface area contributed by atoms with E-state index in [0.29, 0.717) is 11.4 Å². The summed E-state index contributed by atoms with van der Waals surface area (Å²) in [5, 5.41) is 2.73. The first-order chi connectivity index (χ1) is 12.4. The van der Waals surface area contributed by atoms with Gasteiger partial charge in [-0.15, -0.1) is 0 Å². The van der Waals surface area contributed by atoms with Gasteiger partial charge in [0.2, 0.25) is 0 Å². The lowest BCUT2D eigenvalue weighted by atomic mass is 9.87. The van der Waals surface area contributed by atoms with Gasteiger partial charge in [0.15, 0.2) is 5.60 Å². The van der Waals surface area contributed by atoms with Crippen LogP contribution in [0.1, 0.15) is 40.2 Å². The highest BCUT2D eigenvalue weighted by Crippen LogP contribution is 2.39. The number of hydrogen-bond acceptors (Lipinski definition) is 4. The van der Waals surface area contributed by atoms with E-state index in [1.54, 1.807) is 44.2 Å². The van der Waals surface area contributed by atoms with E-state index < -0.39 is 15.6 Å². The lowest BCUT2D eigenvalue weighted by Crippen LogP contribution is -2.45. The van der Waals surface area contributed by atoms with Crippen molar-refractivity contribution in [3.63, 3.8) is 0 Å². The molecular formula is C20H24N2O4S. The molecule has 2 N–H and O–H groups in total. The van der Waals surface area contributed by atoms with Gasteiger partial charge < -0.3 is 10.1 Å². The van der Waals surface area contributed by atoms with Crippen LogP contribution in [0.5, 0.6) is 5.75 Å². The van der Waals surface area contributed by atoms with Crippen molar-refractivity contribution in [2.24, 2.45) is 0 Å². The van der Waals surface area contributed by atoms with E-state index in [1.807, 2.05) is 12.1 Å². The van der Waals surface area contributed by atoms with Gasteiger partial charge in [0.05, 0.1) is 10.6 Å². The highest BCUT2D eigenvalue weighted by Gasteiger charge is 2.36. The molecule has 0 radical (unpaired) electrons. The number of anilines is 2. The standard InChI is InChI=1S/C20H24N2O4S/c1-19(2,3)13-9-11-14(12-10-13)27(24,25)22-15-7-6-8-16-17(15)21-18(23)20(4,5)26-16/h6-12,22H,1-5H3,(H,21,23). The predicted octanol–water partition coefficient (Wildman–Crippen LogP) is 3.89. The molecule has 0 aliphatic carbocycles. The Kier molecular flexibility index (Phi) is 4.46.